The average molecular weight is 422 g/mol. The number of phenols is 2. The zero-order valence-corrected chi connectivity index (χ0v) is 17.2. The first-order valence-electron chi connectivity index (χ1n) is 9.01. The van der Waals surface area contributed by atoms with Crippen LogP contribution in [-0.4, -0.2) is 67.9 Å². The number of aromatic hydroxyl groups is 2. The molecule has 0 spiro atoms. The predicted octanol–water partition coefficient (Wildman–Crippen LogP) is 1.55. The van der Waals surface area contributed by atoms with Gasteiger partial charge in [-0.15, -0.1) is 0 Å². The van der Waals surface area contributed by atoms with Crippen molar-refractivity contribution in [2.75, 3.05) is 41.7 Å². The summed E-state index contributed by atoms with van der Waals surface area (Å²) in [5.74, 6) is -2.77. The van der Waals surface area contributed by atoms with Crippen LogP contribution in [0, 0.1) is 0 Å². The van der Waals surface area contributed by atoms with Gasteiger partial charge in [0, 0.05) is 0 Å². The molecule has 0 fully saturated rings. The second-order valence-corrected chi connectivity index (χ2v) is 6.42. The van der Waals surface area contributed by atoms with Gasteiger partial charge in [-0.25, -0.2) is 0 Å². The van der Waals surface area contributed by atoms with E-state index in [1.165, 1.54) is 52.7 Å². The number of aliphatic hydroxyl groups is 2. The molecule has 0 aliphatic carbocycles. The first kappa shape index (κ1) is 23.1. The Morgan fingerprint density at radius 3 is 1.17 bits per heavy atom. The zero-order chi connectivity index (χ0) is 22.4. The molecule has 2 aromatic carbocycles. The highest BCUT2D eigenvalue weighted by atomic mass is 16.5. The Morgan fingerprint density at radius 2 is 0.967 bits per heavy atom. The number of benzene rings is 2. The van der Waals surface area contributed by atoms with E-state index in [2.05, 4.69) is 0 Å². The van der Waals surface area contributed by atoms with E-state index in [9.17, 15) is 25.2 Å². The molecule has 2 aromatic rings. The molecule has 2 rings (SSSR count). The van der Waals surface area contributed by atoms with Crippen LogP contribution in [0.15, 0.2) is 24.3 Å². The van der Waals surface area contributed by atoms with Crippen molar-refractivity contribution in [3.8, 4) is 34.5 Å². The van der Waals surface area contributed by atoms with Gasteiger partial charge in [-0.3, -0.25) is 4.79 Å². The molecule has 2 unspecified atom stereocenters. The van der Waals surface area contributed by atoms with Crippen LogP contribution < -0.4 is 18.9 Å². The number of Topliss-reactive ketones (excluding diaryl/α,β-unsaturated/α-hetero) is 1. The second-order valence-electron chi connectivity index (χ2n) is 6.42. The maximum absolute atomic E-state index is 13.3. The van der Waals surface area contributed by atoms with E-state index in [-0.39, 0.29) is 34.5 Å². The number of rotatable bonds is 10. The zero-order valence-electron chi connectivity index (χ0n) is 17.2. The molecule has 164 valence electrons. The van der Waals surface area contributed by atoms with Crippen LogP contribution in [0.3, 0.4) is 0 Å². The summed E-state index contributed by atoms with van der Waals surface area (Å²) in [6.07, 6.45) is 0. The lowest BCUT2D eigenvalue weighted by Gasteiger charge is -2.22. The number of hydrogen-bond donors (Lipinski definition) is 4. The molecule has 0 heterocycles. The maximum Gasteiger partial charge on any atom is 0.200 e. The number of ether oxygens (including phenoxy) is 4. The van der Waals surface area contributed by atoms with Crippen molar-refractivity contribution in [3.05, 3.63) is 35.4 Å². The molecule has 4 N–H and O–H groups in total. The number of ketones is 1. The van der Waals surface area contributed by atoms with Gasteiger partial charge in [0.25, 0.3) is 0 Å². The van der Waals surface area contributed by atoms with Crippen molar-refractivity contribution >= 4 is 5.78 Å². The SMILES string of the molecule is COc1cc(C(CO)C(=O)C(CO)c2cc(OC)c(O)c(OC)c2)cc(OC)c1O. The fourth-order valence-electron chi connectivity index (χ4n) is 3.19. The van der Waals surface area contributed by atoms with Crippen LogP contribution >= 0.6 is 0 Å². The molecule has 9 heteroatoms. The van der Waals surface area contributed by atoms with Crippen LogP contribution in [0.1, 0.15) is 23.0 Å². The van der Waals surface area contributed by atoms with E-state index in [4.69, 9.17) is 18.9 Å². The molecule has 30 heavy (non-hydrogen) atoms. The number of phenolic OH excluding ortho intramolecular Hbond substituents is 2. The van der Waals surface area contributed by atoms with E-state index in [1.54, 1.807) is 0 Å². The van der Waals surface area contributed by atoms with Gasteiger partial charge in [-0.1, -0.05) is 0 Å². The van der Waals surface area contributed by atoms with E-state index in [0.717, 1.165) is 0 Å². The van der Waals surface area contributed by atoms with Crippen molar-refractivity contribution in [2.24, 2.45) is 0 Å². The molecule has 0 amide bonds. The van der Waals surface area contributed by atoms with E-state index >= 15 is 0 Å². The van der Waals surface area contributed by atoms with Crippen LogP contribution in [0.2, 0.25) is 0 Å². The summed E-state index contributed by atoms with van der Waals surface area (Å²) in [6.45, 7) is -1.11. The van der Waals surface area contributed by atoms with Gasteiger partial charge in [-0.05, 0) is 35.4 Å². The molecular weight excluding hydrogens is 396 g/mol. The lowest BCUT2D eigenvalue weighted by molar-refractivity contribution is -0.123. The fourth-order valence-corrected chi connectivity index (χ4v) is 3.19. The Kier molecular flexibility index (Phi) is 7.73. The standard InChI is InChI=1S/C21H26O9/c1-27-15-5-11(6-16(28-2)20(15)25)13(9-22)19(24)14(10-23)12-7-17(29-3)21(26)18(8-12)30-4/h5-8,13-14,22-23,25-26H,9-10H2,1-4H3. The van der Waals surface area contributed by atoms with E-state index < -0.39 is 30.8 Å². The maximum atomic E-state index is 13.3. The predicted molar refractivity (Wildman–Crippen MR) is 107 cm³/mol. The van der Waals surface area contributed by atoms with E-state index in [1.807, 2.05) is 0 Å². The molecule has 0 saturated carbocycles. The van der Waals surface area contributed by atoms with E-state index in [0.29, 0.717) is 11.1 Å². The normalized spacial score (nSPS) is 12.7. The summed E-state index contributed by atoms with van der Waals surface area (Å²) in [6, 6.07) is 5.68. The Labute approximate surface area is 174 Å². The number of carbonyl (C=O) groups excluding carboxylic acids is 1. The summed E-state index contributed by atoms with van der Waals surface area (Å²) < 4.78 is 20.5. The van der Waals surface area contributed by atoms with Crippen molar-refractivity contribution in [3.63, 3.8) is 0 Å². The summed E-state index contributed by atoms with van der Waals surface area (Å²) in [7, 11) is 5.39. The van der Waals surface area contributed by atoms with Gasteiger partial charge in [0.15, 0.2) is 28.8 Å². The lowest BCUT2D eigenvalue weighted by Crippen LogP contribution is -2.26. The molecule has 0 bridgehead atoms. The largest absolute Gasteiger partial charge is 0.502 e. The first-order valence-corrected chi connectivity index (χ1v) is 9.01. The van der Waals surface area contributed by atoms with Crippen LogP contribution in [0.4, 0.5) is 0 Å². The van der Waals surface area contributed by atoms with Crippen molar-refractivity contribution in [1.82, 2.24) is 0 Å². The molecule has 0 saturated heterocycles. The minimum Gasteiger partial charge on any atom is -0.502 e. The number of hydrogen-bond acceptors (Lipinski definition) is 9. The number of methoxy groups -OCH3 is 4. The van der Waals surface area contributed by atoms with Gasteiger partial charge in [-0.2, -0.15) is 0 Å². The highest BCUT2D eigenvalue weighted by Crippen LogP contribution is 2.42. The molecule has 0 aliphatic heterocycles. The molecule has 0 aromatic heterocycles. The summed E-state index contributed by atoms with van der Waals surface area (Å²) in [5, 5.41) is 40.1. The third-order valence-electron chi connectivity index (χ3n) is 4.86. The van der Waals surface area contributed by atoms with Crippen LogP contribution in [0.25, 0.3) is 0 Å². The molecule has 0 aliphatic rings. The minimum atomic E-state index is -1.05. The third kappa shape index (κ3) is 4.37. The minimum absolute atomic E-state index is 0.0733. The average Bonchev–Trinajstić information content (AvgIpc) is 2.76. The van der Waals surface area contributed by atoms with Gasteiger partial charge in [0.1, 0.15) is 0 Å². The topological polar surface area (TPSA) is 135 Å². The molecule has 9 nitrogen and oxygen atoms in total. The van der Waals surface area contributed by atoms with Crippen molar-refractivity contribution < 1.29 is 44.2 Å². The summed E-state index contributed by atoms with van der Waals surface area (Å²) in [5.41, 5.74) is 0.676. The van der Waals surface area contributed by atoms with Crippen LogP contribution in [-0.2, 0) is 4.79 Å². The summed E-state index contributed by atoms with van der Waals surface area (Å²) >= 11 is 0. The highest BCUT2D eigenvalue weighted by molar-refractivity contribution is 5.92. The fraction of sp³-hybridized carbons (Fsp3) is 0.381. The van der Waals surface area contributed by atoms with Crippen molar-refractivity contribution in [1.29, 1.82) is 0 Å². The van der Waals surface area contributed by atoms with Gasteiger partial charge in [0.05, 0.1) is 53.5 Å². The Morgan fingerprint density at radius 1 is 0.700 bits per heavy atom. The second kappa shape index (κ2) is 10.0. The van der Waals surface area contributed by atoms with Gasteiger partial charge in [0.2, 0.25) is 11.5 Å². The lowest BCUT2D eigenvalue weighted by atomic mass is 9.84. The first-order chi connectivity index (χ1) is 14.4. The van der Waals surface area contributed by atoms with Gasteiger partial charge < -0.3 is 39.4 Å². The Balaban J connectivity index is 2.53. The van der Waals surface area contributed by atoms with Crippen molar-refractivity contribution in [2.45, 2.75) is 11.8 Å². The Bertz CT molecular complexity index is 773. The quantitative estimate of drug-likeness (QED) is 0.450. The molecular formula is C21H26O9. The number of carbonyl (C=O) groups is 1. The number of aliphatic hydroxyl groups excluding tert-OH is 2. The summed E-state index contributed by atoms with van der Waals surface area (Å²) in [4.78, 5) is 13.3. The third-order valence-corrected chi connectivity index (χ3v) is 4.86. The highest BCUT2D eigenvalue weighted by Gasteiger charge is 2.31. The van der Waals surface area contributed by atoms with Crippen LogP contribution in [0.5, 0.6) is 34.5 Å². The smallest absolute Gasteiger partial charge is 0.200 e. The monoisotopic (exact) mass is 422 g/mol. The Hall–Kier alpha value is -3.17. The molecule has 0 radical (unpaired) electrons. The van der Waals surface area contributed by atoms with Gasteiger partial charge >= 0.3 is 0 Å². The molecule has 2 atom stereocenters.